The molecule has 0 saturated carbocycles. The van der Waals surface area contributed by atoms with Crippen LogP contribution in [0.4, 0.5) is 15.9 Å². The van der Waals surface area contributed by atoms with Crippen LogP contribution in [-0.4, -0.2) is 47.3 Å². The zero-order chi connectivity index (χ0) is 23.8. The predicted molar refractivity (Wildman–Crippen MR) is 126 cm³/mol. The highest BCUT2D eigenvalue weighted by molar-refractivity contribution is 5.98. The second-order valence-electron chi connectivity index (χ2n) is 8.55. The number of fused-ring (bicyclic) bond motifs is 2. The summed E-state index contributed by atoms with van der Waals surface area (Å²) < 4.78 is 30.1. The maximum Gasteiger partial charge on any atom is 0.263 e. The average molecular weight is 475 g/mol. The Morgan fingerprint density at radius 2 is 1.89 bits per heavy atom. The summed E-state index contributed by atoms with van der Waals surface area (Å²) in [6, 6.07) is 11.4. The molecule has 0 radical (unpaired) electrons. The van der Waals surface area contributed by atoms with Gasteiger partial charge in [-0.2, -0.15) is 4.98 Å². The van der Waals surface area contributed by atoms with Crippen LogP contribution in [-0.2, 0) is 4.79 Å². The first-order chi connectivity index (χ1) is 17.2. The number of benzene rings is 2. The fraction of sp³-hybridized carbons (Fsp3) is 0.280. The van der Waals surface area contributed by atoms with Gasteiger partial charge in [0.15, 0.2) is 11.5 Å². The number of hydrogen-bond donors (Lipinski definition) is 1. The molecule has 0 spiro atoms. The van der Waals surface area contributed by atoms with Crippen molar-refractivity contribution in [1.29, 1.82) is 0 Å². The van der Waals surface area contributed by atoms with Crippen molar-refractivity contribution < 1.29 is 23.2 Å². The lowest BCUT2D eigenvalue weighted by Crippen LogP contribution is -2.41. The summed E-state index contributed by atoms with van der Waals surface area (Å²) in [5, 5.41) is 7.82. The summed E-state index contributed by atoms with van der Waals surface area (Å²) in [7, 11) is 0. The minimum absolute atomic E-state index is 0.0687. The summed E-state index contributed by atoms with van der Waals surface area (Å²) >= 11 is 0. The highest BCUT2D eigenvalue weighted by atomic mass is 19.1. The van der Waals surface area contributed by atoms with Gasteiger partial charge in [-0.1, -0.05) is 5.16 Å². The Morgan fingerprint density at radius 3 is 2.74 bits per heavy atom. The minimum Gasteiger partial charge on any atom is -0.486 e. The number of amides is 1. The van der Waals surface area contributed by atoms with E-state index in [9.17, 15) is 9.18 Å². The number of halogens is 1. The maximum atomic E-state index is 13.4. The van der Waals surface area contributed by atoms with E-state index in [2.05, 4.69) is 25.3 Å². The van der Waals surface area contributed by atoms with Gasteiger partial charge in [-0.25, -0.2) is 9.37 Å². The first kappa shape index (κ1) is 21.3. The van der Waals surface area contributed by atoms with E-state index in [1.54, 1.807) is 24.3 Å². The number of carbonyl (C=O) groups is 1. The van der Waals surface area contributed by atoms with Crippen LogP contribution in [0, 0.1) is 11.7 Å². The van der Waals surface area contributed by atoms with Crippen LogP contribution in [0.3, 0.4) is 0 Å². The standard InChI is InChI=1S/C25H22FN5O4/c26-17-5-3-15(4-6-17)22-21-23(27-14-28-25(21)35-30-22)31-9-1-2-16(13-31)24(32)29-18-7-8-19-20(12-18)34-11-10-33-19/h3-8,12,14,16H,1-2,9-11,13H2,(H,29,32). The Hall–Kier alpha value is -4.21. The van der Waals surface area contributed by atoms with Gasteiger partial charge in [-0.3, -0.25) is 4.79 Å². The molecule has 0 aliphatic carbocycles. The van der Waals surface area contributed by atoms with Crippen molar-refractivity contribution in [2.75, 3.05) is 36.5 Å². The van der Waals surface area contributed by atoms with Crippen LogP contribution in [0.1, 0.15) is 12.8 Å². The van der Waals surface area contributed by atoms with Gasteiger partial charge in [-0.05, 0) is 49.2 Å². The molecule has 4 heterocycles. The largest absolute Gasteiger partial charge is 0.486 e. The first-order valence-electron chi connectivity index (χ1n) is 11.5. The van der Waals surface area contributed by atoms with Crippen LogP contribution < -0.4 is 19.7 Å². The van der Waals surface area contributed by atoms with Crippen molar-refractivity contribution in [3.8, 4) is 22.8 Å². The highest BCUT2D eigenvalue weighted by Crippen LogP contribution is 2.36. The van der Waals surface area contributed by atoms with Crippen molar-refractivity contribution >= 4 is 28.5 Å². The first-order valence-corrected chi connectivity index (χ1v) is 11.5. The second-order valence-corrected chi connectivity index (χ2v) is 8.55. The Morgan fingerprint density at radius 1 is 1.06 bits per heavy atom. The number of nitrogens with one attached hydrogen (secondary N) is 1. The van der Waals surface area contributed by atoms with Gasteiger partial charge in [-0.15, -0.1) is 0 Å². The summed E-state index contributed by atoms with van der Waals surface area (Å²) in [5.74, 6) is 1.31. The van der Waals surface area contributed by atoms with Crippen molar-refractivity contribution in [3.05, 3.63) is 54.6 Å². The molecule has 2 aliphatic rings. The van der Waals surface area contributed by atoms with Gasteiger partial charge in [0.05, 0.1) is 5.92 Å². The number of carbonyl (C=O) groups excluding carboxylic acids is 1. The maximum absolute atomic E-state index is 13.4. The molecule has 1 atom stereocenters. The van der Waals surface area contributed by atoms with Crippen molar-refractivity contribution in [3.63, 3.8) is 0 Å². The lowest BCUT2D eigenvalue weighted by Gasteiger charge is -2.33. The van der Waals surface area contributed by atoms with Crippen molar-refractivity contribution in [2.24, 2.45) is 5.92 Å². The summed E-state index contributed by atoms with van der Waals surface area (Å²) in [5.41, 5.74) is 2.25. The molecule has 35 heavy (non-hydrogen) atoms. The van der Waals surface area contributed by atoms with Gasteiger partial charge < -0.3 is 24.2 Å². The van der Waals surface area contributed by atoms with Gasteiger partial charge in [0, 0.05) is 30.4 Å². The molecule has 10 heteroatoms. The van der Waals surface area contributed by atoms with Crippen molar-refractivity contribution in [1.82, 2.24) is 15.1 Å². The van der Waals surface area contributed by atoms with Crippen LogP contribution >= 0.6 is 0 Å². The van der Waals surface area contributed by atoms with E-state index in [0.29, 0.717) is 65.1 Å². The lowest BCUT2D eigenvalue weighted by atomic mass is 9.96. The highest BCUT2D eigenvalue weighted by Gasteiger charge is 2.29. The summed E-state index contributed by atoms with van der Waals surface area (Å²) in [6.07, 6.45) is 3.01. The van der Waals surface area contributed by atoms with Crippen molar-refractivity contribution in [2.45, 2.75) is 12.8 Å². The third-order valence-electron chi connectivity index (χ3n) is 6.27. The fourth-order valence-electron chi connectivity index (χ4n) is 4.57. The normalized spacial score (nSPS) is 17.4. The molecule has 1 saturated heterocycles. The molecule has 1 unspecified atom stereocenters. The number of anilines is 2. The lowest BCUT2D eigenvalue weighted by molar-refractivity contribution is -0.120. The molecule has 4 aromatic rings. The Labute approximate surface area is 199 Å². The molecule has 0 bridgehead atoms. The number of rotatable bonds is 4. The Kier molecular flexibility index (Phi) is 5.40. The monoisotopic (exact) mass is 475 g/mol. The quantitative estimate of drug-likeness (QED) is 0.472. The van der Waals surface area contributed by atoms with Crippen LogP contribution in [0.2, 0.25) is 0 Å². The average Bonchev–Trinajstić information content (AvgIpc) is 3.33. The van der Waals surface area contributed by atoms with E-state index in [1.165, 1.54) is 18.5 Å². The third kappa shape index (κ3) is 4.11. The minimum atomic E-state index is -0.332. The van der Waals surface area contributed by atoms with E-state index in [0.717, 1.165) is 19.4 Å². The molecule has 6 rings (SSSR count). The molecule has 2 aromatic carbocycles. The molecule has 1 N–H and O–H groups in total. The Balaban J connectivity index is 1.24. The third-order valence-corrected chi connectivity index (χ3v) is 6.27. The van der Waals surface area contributed by atoms with Gasteiger partial charge in [0.2, 0.25) is 5.91 Å². The van der Waals surface area contributed by atoms with Crippen LogP contribution in [0.15, 0.2) is 53.3 Å². The van der Waals surface area contributed by atoms with E-state index >= 15 is 0 Å². The number of piperidine rings is 1. The Bertz CT molecular complexity index is 1390. The molecule has 2 aliphatic heterocycles. The second kappa shape index (κ2) is 8.86. The molecule has 1 amide bonds. The molecule has 9 nitrogen and oxygen atoms in total. The molecule has 1 fully saturated rings. The summed E-state index contributed by atoms with van der Waals surface area (Å²) in [4.78, 5) is 23.9. The van der Waals surface area contributed by atoms with Gasteiger partial charge in [0.1, 0.15) is 42.3 Å². The van der Waals surface area contributed by atoms with Gasteiger partial charge in [0.25, 0.3) is 5.71 Å². The summed E-state index contributed by atoms with van der Waals surface area (Å²) in [6.45, 7) is 2.21. The van der Waals surface area contributed by atoms with Crippen LogP contribution in [0.5, 0.6) is 11.5 Å². The van der Waals surface area contributed by atoms with E-state index in [1.807, 2.05) is 6.07 Å². The fourth-order valence-corrected chi connectivity index (χ4v) is 4.57. The molecular formula is C25H22FN5O4. The van der Waals surface area contributed by atoms with Crippen LogP contribution in [0.25, 0.3) is 22.4 Å². The number of hydrogen-bond acceptors (Lipinski definition) is 8. The van der Waals surface area contributed by atoms with Gasteiger partial charge >= 0.3 is 0 Å². The number of ether oxygens (including phenoxy) is 2. The molecule has 178 valence electrons. The number of nitrogens with zero attached hydrogens (tertiary/aromatic N) is 4. The smallest absolute Gasteiger partial charge is 0.263 e. The number of aromatic nitrogens is 3. The topological polar surface area (TPSA) is 103 Å². The zero-order valence-corrected chi connectivity index (χ0v) is 18.7. The van der Waals surface area contributed by atoms with E-state index < -0.39 is 0 Å². The molecule has 2 aromatic heterocycles. The molecular weight excluding hydrogens is 453 g/mol. The predicted octanol–water partition coefficient (Wildman–Crippen LogP) is 4.05. The zero-order valence-electron chi connectivity index (χ0n) is 18.7. The van der Waals surface area contributed by atoms with E-state index in [-0.39, 0.29) is 17.6 Å². The van der Waals surface area contributed by atoms with E-state index in [4.69, 9.17) is 14.0 Å². The SMILES string of the molecule is O=C(Nc1ccc2c(c1)OCCO2)C1CCCN(c2ncnc3onc(-c4ccc(F)cc4)c23)C1.